The Morgan fingerprint density at radius 3 is 1.36 bits per heavy atom. The molecule has 0 unspecified atom stereocenters. The zero-order valence-corrected chi connectivity index (χ0v) is 29.3. The van der Waals surface area contributed by atoms with E-state index in [2.05, 4.69) is 12.2 Å². The third-order valence-corrected chi connectivity index (χ3v) is 9.13. The van der Waals surface area contributed by atoms with Gasteiger partial charge in [-0.15, -0.1) is 0 Å². The van der Waals surface area contributed by atoms with E-state index in [9.17, 15) is 19.5 Å². The number of carbonyl (C=O) groups is 3. The maximum absolute atomic E-state index is 12.2. The molecule has 2 saturated carbocycles. The summed E-state index contributed by atoms with van der Waals surface area (Å²) in [6, 6.07) is 0. The number of hydrogen-bond acceptors (Lipinski definition) is 5. The van der Waals surface area contributed by atoms with Crippen LogP contribution in [0.3, 0.4) is 0 Å². The predicted molar refractivity (Wildman–Crippen MR) is 184 cm³/mol. The lowest BCUT2D eigenvalue weighted by Crippen LogP contribution is -2.39. The van der Waals surface area contributed by atoms with Crippen molar-refractivity contribution in [2.45, 2.75) is 206 Å². The van der Waals surface area contributed by atoms with E-state index in [1.54, 1.807) is 0 Å². The maximum Gasteiger partial charge on any atom is 0.419 e. The van der Waals surface area contributed by atoms with Crippen molar-refractivity contribution in [1.82, 2.24) is 10.2 Å². The van der Waals surface area contributed by atoms with Gasteiger partial charge in [0.15, 0.2) is 0 Å². The number of carboxylic acid groups (broad SMARTS) is 1. The van der Waals surface area contributed by atoms with Crippen molar-refractivity contribution < 1.29 is 29.0 Å². The Morgan fingerprint density at radius 1 is 0.578 bits per heavy atom. The Morgan fingerprint density at radius 2 is 0.956 bits per heavy atom. The Labute approximate surface area is 276 Å². The van der Waals surface area contributed by atoms with Crippen molar-refractivity contribution in [2.75, 3.05) is 13.1 Å². The third-order valence-electron chi connectivity index (χ3n) is 9.13. The molecule has 2 fully saturated rings. The summed E-state index contributed by atoms with van der Waals surface area (Å²) in [7, 11) is 0. The molecule has 2 N–H and O–H groups in total. The number of carbonyl (C=O) groups excluding carboxylic acids is 2. The fraction of sp³-hybridized carbons (Fsp3) is 0.919. The second kappa shape index (κ2) is 29.4. The van der Waals surface area contributed by atoms with Gasteiger partial charge in [0.2, 0.25) is 0 Å². The molecule has 0 aromatic rings. The van der Waals surface area contributed by atoms with E-state index in [-0.39, 0.29) is 24.8 Å². The molecule has 0 spiro atoms. The molecule has 0 radical (unpaired) electrons. The highest BCUT2D eigenvalue weighted by Gasteiger charge is 2.25. The van der Waals surface area contributed by atoms with Gasteiger partial charge in [0.1, 0.15) is 12.2 Å². The minimum absolute atomic E-state index is 0.134. The molecule has 2 aliphatic carbocycles. The first-order valence-corrected chi connectivity index (χ1v) is 19.1. The van der Waals surface area contributed by atoms with Crippen LogP contribution in [-0.4, -0.2) is 53.6 Å². The topological polar surface area (TPSA) is 105 Å². The fourth-order valence-corrected chi connectivity index (χ4v) is 6.24. The van der Waals surface area contributed by atoms with Crippen LogP contribution in [0.5, 0.6) is 0 Å². The summed E-state index contributed by atoms with van der Waals surface area (Å²) in [5, 5.41) is 12.1. The molecule has 8 nitrogen and oxygen atoms in total. The van der Waals surface area contributed by atoms with Crippen molar-refractivity contribution in [3.63, 3.8) is 0 Å². The van der Waals surface area contributed by atoms with Gasteiger partial charge >= 0.3 is 18.3 Å². The van der Waals surface area contributed by atoms with Gasteiger partial charge in [-0.3, -0.25) is 0 Å². The van der Waals surface area contributed by atoms with E-state index in [1.165, 1.54) is 116 Å². The summed E-state index contributed by atoms with van der Waals surface area (Å²) < 4.78 is 11.2. The Kier molecular flexibility index (Phi) is 26.8. The highest BCUT2D eigenvalue weighted by molar-refractivity contribution is 5.86. The van der Waals surface area contributed by atoms with Crippen molar-refractivity contribution in [2.24, 2.45) is 0 Å². The van der Waals surface area contributed by atoms with Crippen molar-refractivity contribution in [3.8, 4) is 0 Å². The first kappa shape index (κ1) is 41.0. The lowest BCUT2D eigenvalue weighted by atomic mass is 9.99. The standard InChI is InChI=1S/C19H35NO4.C18H35NO2/c1-2-3-13-16-20(18(21)22)19(23)24-17-14-11-9-7-5-4-6-8-10-12-15-17;1-2-3-13-16-19-18(20)21-17-14-11-9-7-5-4-6-8-10-12-15-17/h17H,2-16H2,1H3,(H,21,22);17H,2-16H2,1H3,(H,19,20). The van der Waals surface area contributed by atoms with E-state index in [0.29, 0.717) is 6.42 Å². The van der Waals surface area contributed by atoms with Gasteiger partial charge in [-0.05, 0) is 64.2 Å². The van der Waals surface area contributed by atoms with Crippen LogP contribution in [0.4, 0.5) is 14.4 Å². The zero-order valence-electron chi connectivity index (χ0n) is 29.3. The Bertz CT molecular complexity index is 710. The molecule has 2 rings (SSSR count). The molecule has 3 amide bonds. The number of nitrogens with zero attached hydrogens (tertiary/aromatic N) is 1. The SMILES string of the molecule is CCCCCN(C(=O)O)C(=O)OC1CCCCCCCCCCC1.CCCCCNC(=O)OC1CCCCCCCCCCC1. The fourth-order valence-electron chi connectivity index (χ4n) is 6.24. The number of nitrogens with one attached hydrogen (secondary N) is 1. The lowest BCUT2D eigenvalue weighted by molar-refractivity contribution is 0.0521. The number of unbranched alkanes of at least 4 members (excludes halogenated alkanes) is 4. The van der Waals surface area contributed by atoms with Crippen LogP contribution in [0.1, 0.15) is 194 Å². The normalized spacial score (nSPS) is 18.7. The molecule has 0 saturated heterocycles. The maximum atomic E-state index is 12.2. The first-order chi connectivity index (χ1) is 22.0. The van der Waals surface area contributed by atoms with Gasteiger partial charge in [0.25, 0.3) is 0 Å². The highest BCUT2D eigenvalue weighted by Crippen LogP contribution is 2.21. The molecule has 0 bridgehead atoms. The molecular formula is C37H70N2O6. The summed E-state index contributed by atoms with van der Waals surface area (Å²) in [4.78, 5) is 36.2. The first-order valence-electron chi connectivity index (χ1n) is 19.1. The minimum atomic E-state index is -1.20. The summed E-state index contributed by atoms with van der Waals surface area (Å²) in [5.41, 5.74) is 0. The van der Waals surface area contributed by atoms with Crippen LogP contribution in [0.15, 0.2) is 0 Å². The molecule has 45 heavy (non-hydrogen) atoms. The van der Waals surface area contributed by atoms with Crippen LogP contribution in [-0.2, 0) is 9.47 Å². The van der Waals surface area contributed by atoms with Crippen molar-refractivity contribution in [1.29, 1.82) is 0 Å². The van der Waals surface area contributed by atoms with Crippen molar-refractivity contribution >= 4 is 18.3 Å². The molecule has 264 valence electrons. The van der Waals surface area contributed by atoms with Crippen LogP contribution >= 0.6 is 0 Å². The summed E-state index contributed by atoms with van der Waals surface area (Å²) in [6.07, 6.45) is 30.4. The van der Waals surface area contributed by atoms with E-state index in [0.717, 1.165) is 69.2 Å². The second-order valence-corrected chi connectivity index (χ2v) is 13.3. The molecule has 0 aromatic carbocycles. The van der Waals surface area contributed by atoms with E-state index < -0.39 is 12.2 Å². The molecule has 8 heteroatoms. The van der Waals surface area contributed by atoms with E-state index in [1.807, 2.05) is 6.92 Å². The van der Waals surface area contributed by atoms with Gasteiger partial charge in [0, 0.05) is 13.1 Å². The molecule has 0 aliphatic heterocycles. The average molecular weight is 639 g/mol. The van der Waals surface area contributed by atoms with Gasteiger partial charge < -0.3 is 19.9 Å². The number of ether oxygens (including phenoxy) is 2. The summed E-state index contributed by atoms with van der Waals surface area (Å²) in [5.74, 6) is 0. The number of amides is 3. The highest BCUT2D eigenvalue weighted by atomic mass is 16.6. The van der Waals surface area contributed by atoms with Crippen LogP contribution in [0.2, 0.25) is 0 Å². The van der Waals surface area contributed by atoms with Gasteiger partial charge in [-0.2, -0.15) is 0 Å². The predicted octanol–water partition coefficient (Wildman–Crippen LogP) is 11.5. The van der Waals surface area contributed by atoms with Crippen molar-refractivity contribution in [3.05, 3.63) is 0 Å². The van der Waals surface area contributed by atoms with E-state index >= 15 is 0 Å². The molecule has 0 aromatic heterocycles. The molecular weight excluding hydrogens is 568 g/mol. The van der Waals surface area contributed by atoms with Crippen LogP contribution in [0.25, 0.3) is 0 Å². The minimum Gasteiger partial charge on any atom is -0.465 e. The molecule has 0 atom stereocenters. The number of alkyl carbamates (subject to hydrolysis) is 1. The van der Waals surface area contributed by atoms with Crippen LogP contribution in [0, 0.1) is 0 Å². The monoisotopic (exact) mass is 639 g/mol. The van der Waals surface area contributed by atoms with Crippen LogP contribution < -0.4 is 5.32 Å². The Balaban J connectivity index is 0.000000454. The quantitative estimate of drug-likeness (QED) is 0.231. The second-order valence-electron chi connectivity index (χ2n) is 13.3. The lowest BCUT2D eigenvalue weighted by Gasteiger charge is -2.23. The number of hydrogen-bond donors (Lipinski definition) is 2. The molecule has 0 heterocycles. The average Bonchev–Trinajstić information content (AvgIpc) is 3.00. The number of rotatable bonds is 10. The van der Waals surface area contributed by atoms with Gasteiger partial charge in [0.05, 0.1) is 0 Å². The molecule has 2 aliphatic rings. The number of imide groups is 1. The van der Waals surface area contributed by atoms with E-state index in [4.69, 9.17) is 9.47 Å². The summed E-state index contributed by atoms with van der Waals surface area (Å²) in [6.45, 7) is 5.20. The smallest absolute Gasteiger partial charge is 0.419 e. The Hall–Kier alpha value is -1.99. The van der Waals surface area contributed by atoms with Gasteiger partial charge in [-0.25, -0.2) is 19.3 Å². The zero-order chi connectivity index (χ0) is 32.8. The largest absolute Gasteiger partial charge is 0.465 e. The summed E-state index contributed by atoms with van der Waals surface area (Å²) >= 11 is 0. The third kappa shape index (κ3) is 23.9. The van der Waals surface area contributed by atoms with Gasteiger partial charge in [-0.1, -0.05) is 129 Å².